The average Bonchev–Trinajstić information content (AvgIpc) is 2.64. The van der Waals surface area contributed by atoms with Gasteiger partial charge in [-0.15, -0.1) is 11.7 Å². The summed E-state index contributed by atoms with van der Waals surface area (Å²) in [6.45, 7) is 7.18. The van der Waals surface area contributed by atoms with Gasteiger partial charge in [-0.1, -0.05) is 11.3 Å². The molecule has 0 aliphatic carbocycles. The molecule has 0 unspecified atom stereocenters. The lowest BCUT2D eigenvalue weighted by atomic mass is 10.4. The van der Waals surface area contributed by atoms with Crippen molar-refractivity contribution in [1.82, 2.24) is 25.2 Å². The van der Waals surface area contributed by atoms with Gasteiger partial charge >= 0.3 is 0 Å². The first kappa shape index (κ1) is 11.9. The first-order chi connectivity index (χ1) is 7.26. The van der Waals surface area contributed by atoms with Crippen LogP contribution < -0.4 is 5.32 Å². The van der Waals surface area contributed by atoms with Gasteiger partial charge < -0.3 is 10.2 Å². The molecule has 0 saturated heterocycles. The van der Waals surface area contributed by atoms with Crippen molar-refractivity contribution in [3.05, 3.63) is 24.5 Å². The van der Waals surface area contributed by atoms with Crippen molar-refractivity contribution in [2.24, 2.45) is 0 Å². The van der Waals surface area contributed by atoms with E-state index in [2.05, 4.69) is 34.2 Å². The van der Waals surface area contributed by atoms with Gasteiger partial charge in [-0.2, -0.15) is 0 Å². The van der Waals surface area contributed by atoms with Crippen LogP contribution in [-0.4, -0.2) is 47.1 Å². The molecular weight excluding hydrogens is 190 g/mol. The minimum Gasteiger partial charge on any atom is -0.314 e. The van der Waals surface area contributed by atoms with E-state index in [0.29, 0.717) is 0 Å². The van der Waals surface area contributed by atoms with Gasteiger partial charge in [-0.05, 0) is 14.1 Å². The van der Waals surface area contributed by atoms with E-state index < -0.39 is 0 Å². The van der Waals surface area contributed by atoms with Crippen molar-refractivity contribution in [3.63, 3.8) is 0 Å². The molecule has 0 spiro atoms. The van der Waals surface area contributed by atoms with Crippen molar-refractivity contribution >= 4 is 0 Å². The molecule has 5 heteroatoms. The second kappa shape index (κ2) is 6.31. The molecule has 1 N–H and O–H groups in total. The van der Waals surface area contributed by atoms with E-state index in [1.807, 2.05) is 24.0 Å². The van der Waals surface area contributed by atoms with Crippen molar-refractivity contribution < 1.29 is 0 Å². The predicted molar refractivity (Wildman–Crippen MR) is 60.5 cm³/mol. The highest BCUT2D eigenvalue weighted by Gasteiger charge is 2.00. The fourth-order valence-corrected chi connectivity index (χ4v) is 1.29. The van der Waals surface area contributed by atoms with Gasteiger partial charge in [-0.25, -0.2) is 0 Å². The summed E-state index contributed by atoms with van der Waals surface area (Å²) in [5, 5.41) is 11.1. The van der Waals surface area contributed by atoms with Crippen LogP contribution in [0.25, 0.3) is 0 Å². The fraction of sp³-hybridized carbons (Fsp3) is 0.600. The van der Waals surface area contributed by atoms with E-state index in [0.717, 1.165) is 31.9 Å². The Morgan fingerprint density at radius 2 is 2.47 bits per heavy atom. The molecule has 0 bridgehead atoms. The van der Waals surface area contributed by atoms with Gasteiger partial charge in [0.1, 0.15) is 0 Å². The zero-order chi connectivity index (χ0) is 11.1. The maximum atomic E-state index is 4.04. The van der Waals surface area contributed by atoms with Crippen LogP contribution in [0.1, 0.15) is 5.69 Å². The Kier molecular flexibility index (Phi) is 5.00. The van der Waals surface area contributed by atoms with Crippen LogP contribution in [0.3, 0.4) is 0 Å². The van der Waals surface area contributed by atoms with Gasteiger partial charge in [0.05, 0.1) is 12.2 Å². The summed E-state index contributed by atoms with van der Waals surface area (Å²) >= 11 is 0. The third kappa shape index (κ3) is 4.22. The Bertz CT molecular complexity index is 294. The molecule has 1 heterocycles. The molecule has 0 aromatic carbocycles. The topological polar surface area (TPSA) is 46.0 Å². The second-order valence-electron chi connectivity index (χ2n) is 3.55. The number of aromatic nitrogens is 3. The van der Waals surface area contributed by atoms with Crippen LogP contribution in [0.2, 0.25) is 0 Å². The highest BCUT2D eigenvalue weighted by Crippen LogP contribution is 1.93. The Morgan fingerprint density at radius 3 is 3.13 bits per heavy atom. The Morgan fingerprint density at radius 1 is 1.67 bits per heavy atom. The lowest BCUT2D eigenvalue weighted by molar-refractivity contribution is 0.340. The van der Waals surface area contributed by atoms with Crippen molar-refractivity contribution in [2.75, 3.05) is 27.2 Å². The number of hydrogen-bond acceptors (Lipinski definition) is 4. The SMILES string of the molecule is C=CCN(C)CCn1cc(CNC)nn1. The monoisotopic (exact) mass is 209 g/mol. The molecule has 0 atom stereocenters. The lowest BCUT2D eigenvalue weighted by Gasteiger charge is -2.13. The molecule has 0 saturated carbocycles. The maximum Gasteiger partial charge on any atom is 0.0964 e. The maximum absolute atomic E-state index is 4.04. The van der Waals surface area contributed by atoms with E-state index in [1.54, 1.807) is 0 Å². The van der Waals surface area contributed by atoms with Crippen LogP contribution in [-0.2, 0) is 13.1 Å². The smallest absolute Gasteiger partial charge is 0.0964 e. The van der Waals surface area contributed by atoms with E-state index in [-0.39, 0.29) is 0 Å². The minimum atomic E-state index is 0.766. The molecule has 0 amide bonds. The van der Waals surface area contributed by atoms with Crippen molar-refractivity contribution in [3.8, 4) is 0 Å². The van der Waals surface area contributed by atoms with Gasteiger partial charge in [-0.3, -0.25) is 4.68 Å². The fourth-order valence-electron chi connectivity index (χ4n) is 1.29. The first-order valence-corrected chi connectivity index (χ1v) is 5.09. The molecule has 0 aliphatic rings. The van der Waals surface area contributed by atoms with E-state index in [1.165, 1.54) is 0 Å². The highest BCUT2D eigenvalue weighted by atomic mass is 15.4. The van der Waals surface area contributed by atoms with E-state index in [9.17, 15) is 0 Å². The summed E-state index contributed by atoms with van der Waals surface area (Å²) in [5.41, 5.74) is 0.976. The molecule has 84 valence electrons. The highest BCUT2D eigenvalue weighted by molar-refractivity contribution is 4.91. The molecule has 0 radical (unpaired) electrons. The molecule has 1 rings (SSSR count). The molecule has 1 aromatic heterocycles. The van der Waals surface area contributed by atoms with Gasteiger partial charge in [0.15, 0.2) is 0 Å². The van der Waals surface area contributed by atoms with Crippen LogP contribution in [0.4, 0.5) is 0 Å². The number of nitrogens with zero attached hydrogens (tertiary/aromatic N) is 4. The standard InChI is InChI=1S/C10H19N5/c1-4-5-14(3)6-7-15-9-10(8-11-2)12-13-15/h4,9,11H,1,5-8H2,2-3H3. The van der Waals surface area contributed by atoms with E-state index >= 15 is 0 Å². The molecule has 5 nitrogen and oxygen atoms in total. The van der Waals surface area contributed by atoms with Crippen LogP contribution in [0.5, 0.6) is 0 Å². The van der Waals surface area contributed by atoms with Crippen LogP contribution in [0, 0.1) is 0 Å². The number of rotatable bonds is 7. The Labute approximate surface area is 90.8 Å². The summed E-state index contributed by atoms with van der Waals surface area (Å²) in [5.74, 6) is 0. The third-order valence-corrected chi connectivity index (χ3v) is 2.10. The second-order valence-corrected chi connectivity index (χ2v) is 3.55. The summed E-state index contributed by atoms with van der Waals surface area (Å²) in [4.78, 5) is 2.19. The minimum absolute atomic E-state index is 0.766. The normalized spacial score (nSPS) is 10.9. The number of hydrogen-bond donors (Lipinski definition) is 1. The molecular formula is C10H19N5. The first-order valence-electron chi connectivity index (χ1n) is 5.09. The number of nitrogens with one attached hydrogen (secondary N) is 1. The molecule has 15 heavy (non-hydrogen) atoms. The predicted octanol–water partition coefficient (Wildman–Crippen LogP) is 0.115. The molecule has 0 aliphatic heterocycles. The number of likely N-dealkylation sites (N-methyl/N-ethyl adjacent to an activating group) is 1. The van der Waals surface area contributed by atoms with Crippen LogP contribution in [0.15, 0.2) is 18.9 Å². The summed E-state index contributed by atoms with van der Waals surface area (Å²) in [6, 6.07) is 0. The summed E-state index contributed by atoms with van der Waals surface area (Å²) in [6.07, 6.45) is 3.87. The molecule has 0 fully saturated rings. The quantitative estimate of drug-likeness (QED) is 0.648. The van der Waals surface area contributed by atoms with Gasteiger partial charge in [0.2, 0.25) is 0 Å². The van der Waals surface area contributed by atoms with Gasteiger partial charge in [0, 0.05) is 25.8 Å². The zero-order valence-corrected chi connectivity index (χ0v) is 9.48. The van der Waals surface area contributed by atoms with Crippen molar-refractivity contribution in [2.45, 2.75) is 13.1 Å². The summed E-state index contributed by atoms with van der Waals surface area (Å²) in [7, 11) is 3.96. The molecule has 1 aromatic rings. The van der Waals surface area contributed by atoms with Crippen LogP contribution >= 0.6 is 0 Å². The Balaban J connectivity index is 2.33. The Hall–Kier alpha value is -1.20. The van der Waals surface area contributed by atoms with Gasteiger partial charge in [0.25, 0.3) is 0 Å². The lowest BCUT2D eigenvalue weighted by Crippen LogP contribution is -2.23. The van der Waals surface area contributed by atoms with E-state index in [4.69, 9.17) is 0 Å². The third-order valence-electron chi connectivity index (χ3n) is 2.10. The largest absolute Gasteiger partial charge is 0.314 e. The van der Waals surface area contributed by atoms with Crippen molar-refractivity contribution in [1.29, 1.82) is 0 Å². The summed E-state index contributed by atoms with van der Waals surface area (Å²) < 4.78 is 1.87. The zero-order valence-electron chi connectivity index (χ0n) is 9.48. The average molecular weight is 209 g/mol.